The molecular weight excluding hydrogens is 271 g/mol. The van der Waals surface area contributed by atoms with Crippen molar-refractivity contribution >= 4 is 28.6 Å². The van der Waals surface area contributed by atoms with Crippen molar-refractivity contribution in [3.05, 3.63) is 27.3 Å². The molecule has 1 aromatic rings. The molecule has 64 valence electrons. The summed E-state index contributed by atoms with van der Waals surface area (Å²) in [6.45, 7) is 0. The lowest BCUT2D eigenvalue weighted by atomic mass is 10.1. The Kier molecular flexibility index (Phi) is 2.91. The van der Waals surface area contributed by atoms with Gasteiger partial charge in [-0.3, -0.25) is 4.79 Å². The Morgan fingerprint density at radius 2 is 2.17 bits per heavy atom. The highest BCUT2D eigenvalue weighted by Crippen LogP contribution is 2.18. The molecule has 0 aliphatic carbocycles. The molecule has 1 aromatic carbocycles. The van der Waals surface area contributed by atoms with Gasteiger partial charge in [-0.1, -0.05) is 6.07 Å². The maximum atomic E-state index is 10.3. The first-order chi connectivity index (χ1) is 5.59. The average molecular weight is 278 g/mol. The van der Waals surface area contributed by atoms with Crippen molar-refractivity contribution < 1.29 is 15.0 Å². The molecule has 0 heterocycles. The summed E-state index contributed by atoms with van der Waals surface area (Å²) in [5.74, 6) is -0.702. The Morgan fingerprint density at radius 3 is 2.67 bits per heavy atom. The fourth-order valence-electron chi connectivity index (χ4n) is 0.843. The summed E-state index contributed by atoms with van der Waals surface area (Å²) in [6.07, 6.45) is -0.00144. The van der Waals surface area contributed by atoms with Gasteiger partial charge >= 0.3 is 5.97 Å². The van der Waals surface area contributed by atoms with E-state index in [4.69, 9.17) is 10.2 Å². The van der Waals surface area contributed by atoms with Gasteiger partial charge in [0.05, 0.1) is 6.42 Å². The Bertz CT molecular complexity index is 309. The fourth-order valence-corrected chi connectivity index (χ4v) is 1.53. The lowest BCUT2D eigenvalue weighted by molar-refractivity contribution is -0.136. The summed E-state index contributed by atoms with van der Waals surface area (Å²) in [5, 5.41) is 17.5. The zero-order valence-electron chi connectivity index (χ0n) is 6.12. The molecule has 4 heteroatoms. The van der Waals surface area contributed by atoms with Crippen LogP contribution >= 0.6 is 22.6 Å². The molecule has 1 rings (SSSR count). The fraction of sp³-hybridized carbons (Fsp3) is 0.125. The molecule has 0 amide bonds. The van der Waals surface area contributed by atoms with Gasteiger partial charge in [-0.25, -0.2) is 0 Å². The van der Waals surface area contributed by atoms with Gasteiger partial charge in [0.15, 0.2) is 0 Å². The van der Waals surface area contributed by atoms with Crippen LogP contribution in [0.1, 0.15) is 5.56 Å². The molecule has 0 atom stereocenters. The number of carboxylic acids is 1. The van der Waals surface area contributed by atoms with Crippen molar-refractivity contribution in [2.75, 3.05) is 0 Å². The molecule has 0 aliphatic heterocycles. The molecule has 3 nitrogen and oxygen atoms in total. The number of carbonyl (C=O) groups is 1. The topological polar surface area (TPSA) is 57.5 Å². The summed E-state index contributed by atoms with van der Waals surface area (Å²) in [4.78, 5) is 10.3. The second kappa shape index (κ2) is 3.75. The van der Waals surface area contributed by atoms with Crippen LogP contribution in [0.2, 0.25) is 0 Å². The van der Waals surface area contributed by atoms with Crippen molar-refractivity contribution in [3.8, 4) is 5.75 Å². The van der Waals surface area contributed by atoms with Crippen LogP contribution in [0.3, 0.4) is 0 Å². The first-order valence-electron chi connectivity index (χ1n) is 3.29. The first kappa shape index (κ1) is 9.31. The van der Waals surface area contributed by atoms with Crippen molar-refractivity contribution in [2.24, 2.45) is 0 Å². The van der Waals surface area contributed by atoms with E-state index in [1.165, 1.54) is 6.07 Å². The highest BCUT2D eigenvalue weighted by Gasteiger charge is 2.04. The maximum absolute atomic E-state index is 10.3. The van der Waals surface area contributed by atoms with Crippen LogP contribution in [0, 0.1) is 3.57 Å². The minimum absolute atomic E-state index is 0.00144. The monoisotopic (exact) mass is 278 g/mol. The predicted octanol–water partition coefficient (Wildman–Crippen LogP) is 1.62. The van der Waals surface area contributed by atoms with Gasteiger partial charge in [0.1, 0.15) is 5.75 Å². The molecule has 2 N–H and O–H groups in total. The Labute approximate surface area is 83.2 Å². The molecule has 0 bridgehead atoms. The van der Waals surface area contributed by atoms with Crippen LogP contribution in [-0.4, -0.2) is 16.2 Å². The van der Waals surface area contributed by atoms with E-state index in [0.717, 1.165) is 9.13 Å². The molecule has 0 radical (unpaired) electrons. The Hall–Kier alpha value is -0.780. The molecule has 0 aliphatic rings. The number of halogens is 1. The van der Waals surface area contributed by atoms with Gasteiger partial charge in [-0.15, -0.1) is 0 Å². The van der Waals surface area contributed by atoms with Crippen LogP contribution in [0.4, 0.5) is 0 Å². The second-order valence-electron chi connectivity index (χ2n) is 2.35. The Balaban J connectivity index is 2.93. The summed E-state index contributed by atoms with van der Waals surface area (Å²) in [7, 11) is 0. The van der Waals surface area contributed by atoms with Gasteiger partial charge in [-0.2, -0.15) is 0 Å². The standard InChI is InChI=1S/C8H7IO3/c9-7-4-6(10)2-1-5(7)3-8(11)12/h1-2,4,10H,3H2,(H,11,12). The molecule has 0 spiro atoms. The molecule has 0 saturated carbocycles. The van der Waals surface area contributed by atoms with Gasteiger partial charge in [0.25, 0.3) is 0 Å². The minimum atomic E-state index is -0.862. The van der Waals surface area contributed by atoms with E-state index in [-0.39, 0.29) is 12.2 Å². The van der Waals surface area contributed by atoms with Gasteiger partial charge < -0.3 is 10.2 Å². The zero-order chi connectivity index (χ0) is 9.14. The van der Waals surface area contributed by atoms with E-state index in [9.17, 15) is 4.79 Å². The minimum Gasteiger partial charge on any atom is -0.508 e. The van der Waals surface area contributed by atoms with Crippen molar-refractivity contribution in [3.63, 3.8) is 0 Å². The number of hydrogen-bond acceptors (Lipinski definition) is 2. The molecule has 0 fully saturated rings. The summed E-state index contributed by atoms with van der Waals surface area (Å²) in [5.41, 5.74) is 0.723. The highest BCUT2D eigenvalue weighted by molar-refractivity contribution is 14.1. The normalized spacial score (nSPS) is 9.75. The number of rotatable bonds is 2. The zero-order valence-corrected chi connectivity index (χ0v) is 8.28. The largest absolute Gasteiger partial charge is 0.508 e. The van der Waals surface area contributed by atoms with E-state index in [0.29, 0.717) is 0 Å². The summed E-state index contributed by atoms with van der Waals surface area (Å²) >= 11 is 2.00. The highest BCUT2D eigenvalue weighted by atomic mass is 127. The Morgan fingerprint density at radius 1 is 1.50 bits per heavy atom. The summed E-state index contributed by atoms with van der Waals surface area (Å²) < 4.78 is 0.773. The van der Waals surface area contributed by atoms with E-state index in [1.54, 1.807) is 12.1 Å². The van der Waals surface area contributed by atoms with Crippen LogP contribution in [0.25, 0.3) is 0 Å². The number of phenolic OH excluding ortho intramolecular Hbond substituents is 1. The maximum Gasteiger partial charge on any atom is 0.307 e. The van der Waals surface area contributed by atoms with E-state index in [1.807, 2.05) is 22.6 Å². The third-order valence-corrected chi connectivity index (χ3v) is 2.38. The number of aromatic hydroxyl groups is 1. The SMILES string of the molecule is O=C(O)Cc1ccc(O)cc1I. The van der Waals surface area contributed by atoms with Crippen LogP contribution in [-0.2, 0) is 11.2 Å². The van der Waals surface area contributed by atoms with Crippen LogP contribution < -0.4 is 0 Å². The van der Waals surface area contributed by atoms with E-state index >= 15 is 0 Å². The van der Waals surface area contributed by atoms with Gasteiger partial charge in [0.2, 0.25) is 0 Å². The molecular formula is C8H7IO3. The molecule has 0 saturated heterocycles. The van der Waals surface area contributed by atoms with Gasteiger partial charge in [-0.05, 0) is 40.3 Å². The second-order valence-corrected chi connectivity index (χ2v) is 3.51. The van der Waals surface area contributed by atoms with Crippen molar-refractivity contribution in [2.45, 2.75) is 6.42 Å². The lowest BCUT2D eigenvalue weighted by Gasteiger charge is -2.00. The van der Waals surface area contributed by atoms with Gasteiger partial charge in [0, 0.05) is 3.57 Å². The molecule has 0 aromatic heterocycles. The number of aliphatic carboxylic acids is 1. The van der Waals surface area contributed by atoms with Crippen LogP contribution in [0.15, 0.2) is 18.2 Å². The number of phenols is 1. The smallest absolute Gasteiger partial charge is 0.307 e. The number of hydrogen-bond donors (Lipinski definition) is 2. The summed E-state index contributed by atoms with van der Waals surface area (Å²) in [6, 6.07) is 4.64. The average Bonchev–Trinajstić information content (AvgIpc) is 1.94. The molecule has 12 heavy (non-hydrogen) atoms. The van der Waals surface area contributed by atoms with E-state index in [2.05, 4.69) is 0 Å². The van der Waals surface area contributed by atoms with Crippen LogP contribution in [0.5, 0.6) is 5.75 Å². The third-order valence-electron chi connectivity index (χ3n) is 1.38. The quantitative estimate of drug-likeness (QED) is 0.808. The van der Waals surface area contributed by atoms with Crippen molar-refractivity contribution in [1.82, 2.24) is 0 Å². The number of benzene rings is 1. The first-order valence-corrected chi connectivity index (χ1v) is 4.36. The number of carboxylic acid groups (broad SMARTS) is 1. The predicted molar refractivity (Wildman–Crippen MR) is 52.2 cm³/mol. The molecule has 0 unspecified atom stereocenters. The van der Waals surface area contributed by atoms with E-state index < -0.39 is 5.97 Å². The van der Waals surface area contributed by atoms with Crippen molar-refractivity contribution in [1.29, 1.82) is 0 Å². The third kappa shape index (κ3) is 2.37. The lowest BCUT2D eigenvalue weighted by Crippen LogP contribution is -2.01.